The molecule has 1 atom stereocenters. The number of aryl methyl sites for hydroxylation is 1. The van der Waals surface area contributed by atoms with Crippen LogP contribution in [-0.4, -0.2) is 39.3 Å². The van der Waals surface area contributed by atoms with Crippen LogP contribution in [0.25, 0.3) is 0 Å². The number of methoxy groups -OCH3 is 1. The fourth-order valence-electron chi connectivity index (χ4n) is 2.42. The predicted octanol–water partition coefficient (Wildman–Crippen LogP) is 1.96. The van der Waals surface area contributed by atoms with Gasteiger partial charge in [-0.3, -0.25) is 4.79 Å². The predicted molar refractivity (Wildman–Crippen MR) is 82.8 cm³/mol. The van der Waals surface area contributed by atoms with Crippen molar-refractivity contribution >= 4 is 11.6 Å². The summed E-state index contributed by atoms with van der Waals surface area (Å²) in [7, 11) is 1.65. The van der Waals surface area contributed by atoms with E-state index in [1.165, 1.54) is 0 Å². The summed E-state index contributed by atoms with van der Waals surface area (Å²) in [4.78, 5) is 12.2. The molecule has 0 aromatic heterocycles. The Balaban J connectivity index is 1.92. The van der Waals surface area contributed by atoms with Gasteiger partial charge in [0.05, 0.1) is 12.5 Å². The van der Waals surface area contributed by atoms with Crippen LogP contribution in [0.1, 0.15) is 18.4 Å². The second-order valence-corrected chi connectivity index (χ2v) is 5.35. The van der Waals surface area contributed by atoms with Crippen molar-refractivity contribution in [1.29, 1.82) is 0 Å². The Labute approximate surface area is 126 Å². The maximum absolute atomic E-state index is 12.2. The van der Waals surface area contributed by atoms with E-state index in [-0.39, 0.29) is 11.8 Å². The Morgan fingerprint density at radius 1 is 1.43 bits per heavy atom. The van der Waals surface area contributed by atoms with Gasteiger partial charge in [-0.2, -0.15) is 0 Å². The number of piperidine rings is 1. The van der Waals surface area contributed by atoms with E-state index in [1.807, 2.05) is 25.1 Å². The quantitative estimate of drug-likeness (QED) is 0.787. The summed E-state index contributed by atoms with van der Waals surface area (Å²) >= 11 is 0. The number of benzene rings is 1. The topological polar surface area (TPSA) is 59.6 Å². The number of rotatable bonds is 6. The van der Waals surface area contributed by atoms with E-state index in [0.717, 1.165) is 42.9 Å². The van der Waals surface area contributed by atoms with Crippen molar-refractivity contribution in [3.63, 3.8) is 0 Å². The van der Waals surface area contributed by atoms with E-state index in [1.54, 1.807) is 7.11 Å². The normalized spacial score (nSPS) is 18.3. The number of anilines is 1. The Bertz CT molecular complexity index is 471. The molecule has 1 heterocycles. The third-order valence-electron chi connectivity index (χ3n) is 3.68. The van der Waals surface area contributed by atoms with Gasteiger partial charge in [-0.05, 0) is 50.1 Å². The molecule has 5 heteroatoms. The molecular weight excluding hydrogens is 268 g/mol. The Morgan fingerprint density at radius 2 is 2.29 bits per heavy atom. The first-order valence-electron chi connectivity index (χ1n) is 7.44. The zero-order chi connectivity index (χ0) is 15.1. The number of hydrogen-bond acceptors (Lipinski definition) is 4. The molecule has 1 aromatic carbocycles. The average Bonchev–Trinajstić information content (AvgIpc) is 2.51. The van der Waals surface area contributed by atoms with Gasteiger partial charge in [-0.1, -0.05) is 0 Å². The molecule has 1 aromatic rings. The van der Waals surface area contributed by atoms with Crippen LogP contribution in [0.5, 0.6) is 5.75 Å². The summed E-state index contributed by atoms with van der Waals surface area (Å²) in [5, 5.41) is 6.28. The summed E-state index contributed by atoms with van der Waals surface area (Å²) < 4.78 is 10.5. The lowest BCUT2D eigenvalue weighted by molar-refractivity contribution is -0.120. The lowest BCUT2D eigenvalue weighted by Crippen LogP contribution is -2.37. The lowest BCUT2D eigenvalue weighted by atomic mass is 9.98. The second kappa shape index (κ2) is 8.00. The van der Waals surface area contributed by atoms with Crippen molar-refractivity contribution in [2.45, 2.75) is 19.8 Å². The zero-order valence-electron chi connectivity index (χ0n) is 12.8. The molecule has 1 aliphatic rings. The minimum absolute atomic E-state index is 0.0655. The highest BCUT2D eigenvalue weighted by Gasteiger charge is 2.21. The van der Waals surface area contributed by atoms with Crippen LogP contribution in [0, 0.1) is 12.8 Å². The lowest BCUT2D eigenvalue weighted by Gasteiger charge is -2.22. The van der Waals surface area contributed by atoms with Gasteiger partial charge >= 0.3 is 0 Å². The second-order valence-electron chi connectivity index (χ2n) is 5.35. The molecule has 1 unspecified atom stereocenters. The van der Waals surface area contributed by atoms with Crippen molar-refractivity contribution in [3.8, 4) is 5.75 Å². The molecular formula is C16H24N2O3. The fourth-order valence-corrected chi connectivity index (χ4v) is 2.42. The number of carbonyl (C=O) groups is 1. The molecule has 1 amide bonds. The number of nitrogens with one attached hydrogen (secondary N) is 2. The Kier molecular flexibility index (Phi) is 6.02. The fraction of sp³-hybridized carbons (Fsp3) is 0.562. The third kappa shape index (κ3) is 4.72. The summed E-state index contributed by atoms with van der Waals surface area (Å²) in [5.74, 6) is 0.955. The highest BCUT2D eigenvalue weighted by atomic mass is 16.5. The van der Waals surface area contributed by atoms with E-state index in [0.29, 0.717) is 13.2 Å². The van der Waals surface area contributed by atoms with Gasteiger partial charge in [0.2, 0.25) is 5.91 Å². The molecule has 1 saturated heterocycles. The van der Waals surface area contributed by atoms with Crippen molar-refractivity contribution in [3.05, 3.63) is 23.8 Å². The summed E-state index contributed by atoms with van der Waals surface area (Å²) in [6, 6.07) is 5.70. The first kappa shape index (κ1) is 15.8. The van der Waals surface area contributed by atoms with E-state index >= 15 is 0 Å². The van der Waals surface area contributed by atoms with Gasteiger partial charge in [0, 0.05) is 19.3 Å². The molecule has 0 radical (unpaired) electrons. The maximum atomic E-state index is 12.2. The Morgan fingerprint density at radius 3 is 2.95 bits per heavy atom. The van der Waals surface area contributed by atoms with E-state index < -0.39 is 0 Å². The summed E-state index contributed by atoms with van der Waals surface area (Å²) in [5.41, 5.74) is 1.85. The molecule has 0 spiro atoms. The number of ether oxygens (including phenoxy) is 2. The zero-order valence-corrected chi connectivity index (χ0v) is 12.8. The number of carbonyl (C=O) groups excluding carboxylic acids is 1. The maximum Gasteiger partial charge on any atom is 0.228 e. The summed E-state index contributed by atoms with van der Waals surface area (Å²) in [6.45, 7) is 4.83. The molecule has 2 rings (SSSR count). The minimum Gasteiger partial charge on any atom is -0.491 e. The molecule has 0 saturated carbocycles. The molecule has 0 bridgehead atoms. The molecule has 21 heavy (non-hydrogen) atoms. The van der Waals surface area contributed by atoms with Crippen LogP contribution in [0.3, 0.4) is 0 Å². The molecule has 0 aliphatic carbocycles. The van der Waals surface area contributed by atoms with Gasteiger partial charge in [-0.25, -0.2) is 0 Å². The van der Waals surface area contributed by atoms with Crippen LogP contribution in [0.2, 0.25) is 0 Å². The highest BCUT2D eigenvalue weighted by molar-refractivity contribution is 5.93. The van der Waals surface area contributed by atoms with E-state index in [9.17, 15) is 4.79 Å². The molecule has 5 nitrogen and oxygen atoms in total. The number of amides is 1. The van der Waals surface area contributed by atoms with Crippen molar-refractivity contribution in [1.82, 2.24) is 5.32 Å². The van der Waals surface area contributed by atoms with Crippen LogP contribution >= 0.6 is 0 Å². The van der Waals surface area contributed by atoms with Gasteiger partial charge < -0.3 is 20.1 Å². The van der Waals surface area contributed by atoms with E-state index in [4.69, 9.17) is 9.47 Å². The standard InChI is InChI=1S/C16H24N2O3/c1-12-10-14(21-9-8-20-2)5-6-15(12)18-16(19)13-4-3-7-17-11-13/h5-6,10,13,17H,3-4,7-9,11H2,1-2H3,(H,18,19). The van der Waals surface area contributed by atoms with Crippen LogP contribution in [0.15, 0.2) is 18.2 Å². The minimum atomic E-state index is 0.0655. The van der Waals surface area contributed by atoms with Crippen molar-refractivity contribution in [2.24, 2.45) is 5.92 Å². The monoisotopic (exact) mass is 292 g/mol. The highest BCUT2D eigenvalue weighted by Crippen LogP contribution is 2.22. The van der Waals surface area contributed by atoms with Gasteiger partial charge in [-0.15, -0.1) is 0 Å². The first-order valence-corrected chi connectivity index (χ1v) is 7.44. The first-order chi connectivity index (χ1) is 10.2. The SMILES string of the molecule is COCCOc1ccc(NC(=O)C2CCCNC2)c(C)c1. The van der Waals surface area contributed by atoms with Crippen LogP contribution < -0.4 is 15.4 Å². The van der Waals surface area contributed by atoms with Gasteiger partial charge in [0.25, 0.3) is 0 Å². The largest absolute Gasteiger partial charge is 0.491 e. The smallest absolute Gasteiger partial charge is 0.228 e. The van der Waals surface area contributed by atoms with Gasteiger partial charge in [0.15, 0.2) is 0 Å². The Hall–Kier alpha value is -1.59. The average molecular weight is 292 g/mol. The van der Waals surface area contributed by atoms with Crippen molar-refractivity contribution < 1.29 is 14.3 Å². The molecule has 1 aliphatic heterocycles. The van der Waals surface area contributed by atoms with Crippen LogP contribution in [-0.2, 0) is 9.53 Å². The molecule has 2 N–H and O–H groups in total. The van der Waals surface area contributed by atoms with E-state index in [2.05, 4.69) is 10.6 Å². The number of hydrogen-bond donors (Lipinski definition) is 2. The van der Waals surface area contributed by atoms with Crippen LogP contribution in [0.4, 0.5) is 5.69 Å². The van der Waals surface area contributed by atoms with Crippen molar-refractivity contribution in [2.75, 3.05) is 38.7 Å². The molecule has 1 fully saturated rings. The molecule has 116 valence electrons. The summed E-state index contributed by atoms with van der Waals surface area (Å²) in [6.07, 6.45) is 2.01. The third-order valence-corrected chi connectivity index (χ3v) is 3.68. The van der Waals surface area contributed by atoms with Gasteiger partial charge in [0.1, 0.15) is 12.4 Å².